The summed E-state index contributed by atoms with van der Waals surface area (Å²) in [5, 5.41) is 0. The molecule has 0 N–H and O–H groups in total. The fourth-order valence-corrected chi connectivity index (χ4v) is 6.05. The average molecular weight is 564 g/mol. The fourth-order valence-electron chi connectivity index (χ4n) is 5.30. The van der Waals surface area contributed by atoms with Crippen molar-refractivity contribution < 1.29 is 14.3 Å². The Morgan fingerprint density at radius 3 is 1.50 bits per heavy atom. The van der Waals surface area contributed by atoms with E-state index in [-0.39, 0.29) is 13.2 Å². The smallest absolute Gasteiger partial charge is 0.429 e. The van der Waals surface area contributed by atoms with Crippen LogP contribution in [-0.2, 0) is 22.7 Å². The van der Waals surface area contributed by atoms with Crippen molar-refractivity contribution in [1.82, 2.24) is 0 Å². The van der Waals surface area contributed by atoms with Crippen LogP contribution in [0.1, 0.15) is 98.3 Å². The summed E-state index contributed by atoms with van der Waals surface area (Å²) < 4.78 is 13.2. The van der Waals surface area contributed by atoms with Crippen molar-refractivity contribution in [2.24, 2.45) is 0 Å². The van der Waals surface area contributed by atoms with Gasteiger partial charge in [-0.2, -0.15) is 0 Å². The maximum absolute atomic E-state index is 12.4. The highest BCUT2D eigenvalue weighted by Crippen LogP contribution is 2.37. The highest BCUT2D eigenvalue weighted by Gasteiger charge is 2.21. The number of halogens is 2. The van der Waals surface area contributed by atoms with E-state index in [9.17, 15) is 4.79 Å². The summed E-state index contributed by atoms with van der Waals surface area (Å²) in [7, 11) is 0. The van der Waals surface area contributed by atoms with Crippen molar-refractivity contribution in [3.8, 4) is 0 Å². The van der Waals surface area contributed by atoms with Gasteiger partial charge in [0.2, 0.25) is 0 Å². The molecule has 3 nitrogen and oxygen atoms in total. The SMILES string of the molecule is O=C(OCc1ccc(Br)cc1C1CCCCC1)OCc1ccc(Br)cc1C1CCCCC1. The Kier molecular flexibility index (Phi) is 8.70. The number of ether oxygens (including phenoxy) is 2. The molecule has 4 rings (SSSR count). The van der Waals surface area contributed by atoms with E-state index in [0.717, 1.165) is 20.1 Å². The van der Waals surface area contributed by atoms with Gasteiger partial charge in [0.15, 0.2) is 0 Å². The lowest BCUT2D eigenvalue weighted by atomic mass is 9.82. The third kappa shape index (κ3) is 6.38. The van der Waals surface area contributed by atoms with E-state index in [2.05, 4.69) is 56.1 Å². The van der Waals surface area contributed by atoms with E-state index in [4.69, 9.17) is 9.47 Å². The van der Waals surface area contributed by atoms with Crippen LogP contribution in [0.15, 0.2) is 45.3 Å². The summed E-state index contributed by atoms with van der Waals surface area (Å²) in [6, 6.07) is 12.6. The highest BCUT2D eigenvalue weighted by atomic mass is 79.9. The predicted octanol–water partition coefficient (Wildman–Crippen LogP) is 9.16. The zero-order valence-electron chi connectivity index (χ0n) is 18.6. The van der Waals surface area contributed by atoms with Gasteiger partial charge >= 0.3 is 6.16 Å². The molecule has 0 radical (unpaired) electrons. The topological polar surface area (TPSA) is 35.5 Å². The van der Waals surface area contributed by atoms with Crippen LogP contribution in [0.5, 0.6) is 0 Å². The average Bonchev–Trinajstić information content (AvgIpc) is 2.83. The van der Waals surface area contributed by atoms with E-state index in [0.29, 0.717) is 11.8 Å². The van der Waals surface area contributed by atoms with Crippen LogP contribution in [0, 0.1) is 0 Å². The third-order valence-corrected chi connectivity index (χ3v) is 7.98. The van der Waals surface area contributed by atoms with E-state index in [1.165, 1.54) is 75.3 Å². The first-order chi connectivity index (χ1) is 15.6. The first kappa shape index (κ1) is 23.8. The molecule has 0 aliphatic heterocycles. The largest absolute Gasteiger partial charge is 0.508 e. The fraction of sp³-hybridized carbons (Fsp3) is 0.519. The molecule has 2 aromatic rings. The second kappa shape index (κ2) is 11.7. The lowest BCUT2D eigenvalue weighted by Crippen LogP contribution is -2.13. The number of hydrogen-bond acceptors (Lipinski definition) is 3. The molecule has 5 heteroatoms. The van der Waals surface area contributed by atoms with Crippen LogP contribution in [-0.4, -0.2) is 6.16 Å². The maximum atomic E-state index is 12.4. The van der Waals surface area contributed by atoms with Gasteiger partial charge in [-0.3, -0.25) is 0 Å². The number of carbonyl (C=O) groups is 1. The Morgan fingerprint density at radius 2 is 1.09 bits per heavy atom. The summed E-state index contributed by atoms with van der Waals surface area (Å²) in [6.45, 7) is 0.515. The van der Waals surface area contributed by atoms with Gasteiger partial charge in [0, 0.05) is 8.95 Å². The van der Waals surface area contributed by atoms with Gasteiger partial charge in [-0.25, -0.2) is 4.79 Å². The lowest BCUT2D eigenvalue weighted by molar-refractivity contribution is 0.0441. The molecule has 0 atom stereocenters. The van der Waals surface area contributed by atoms with Crippen molar-refractivity contribution in [2.45, 2.75) is 89.3 Å². The van der Waals surface area contributed by atoms with Crippen LogP contribution < -0.4 is 0 Å². The van der Waals surface area contributed by atoms with Crippen LogP contribution in [0.25, 0.3) is 0 Å². The molecule has 0 spiro atoms. The van der Waals surface area contributed by atoms with E-state index in [1.54, 1.807) is 0 Å². The van der Waals surface area contributed by atoms with Crippen LogP contribution in [0.2, 0.25) is 0 Å². The molecule has 0 heterocycles. The summed E-state index contributed by atoms with van der Waals surface area (Å²) in [4.78, 5) is 12.4. The standard InChI is InChI=1S/C27H32Br2O3/c28-23-13-11-21(25(15-23)19-7-3-1-4-8-19)17-31-27(30)32-18-22-12-14-24(29)16-26(22)20-9-5-2-6-10-20/h11-16,19-20H,1-10,17-18H2. The van der Waals surface area contributed by atoms with Gasteiger partial charge in [0.05, 0.1) is 0 Å². The zero-order chi connectivity index (χ0) is 22.3. The van der Waals surface area contributed by atoms with Gasteiger partial charge in [0.25, 0.3) is 0 Å². The Morgan fingerprint density at radius 1 is 0.688 bits per heavy atom. The van der Waals surface area contributed by atoms with Gasteiger partial charge in [-0.05, 0) is 84.0 Å². The van der Waals surface area contributed by atoms with Gasteiger partial charge in [0.1, 0.15) is 13.2 Å². The predicted molar refractivity (Wildman–Crippen MR) is 135 cm³/mol. The van der Waals surface area contributed by atoms with E-state index >= 15 is 0 Å². The molecule has 0 saturated heterocycles. The first-order valence-electron chi connectivity index (χ1n) is 12.0. The molecule has 2 saturated carbocycles. The van der Waals surface area contributed by atoms with E-state index < -0.39 is 6.16 Å². The van der Waals surface area contributed by atoms with Crippen molar-refractivity contribution >= 4 is 38.0 Å². The molecule has 32 heavy (non-hydrogen) atoms. The minimum Gasteiger partial charge on any atom is -0.429 e. The van der Waals surface area contributed by atoms with Gasteiger partial charge < -0.3 is 9.47 Å². The minimum absolute atomic E-state index is 0.258. The second-order valence-corrected chi connectivity index (χ2v) is 11.0. The summed E-state index contributed by atoms with van der Waals surface area (Å²) in [5.74, 6) is 1.10. The summed E-state index contributed by atoms with van der Waals surface area (Å²) >= 11 is 7.20. The Labute approximate surface area is 208 Å². The summed E-state index contributed by atoms with van der Waals surface area (Å²) in [5.41, 5.74) is 4.78. The van der Waals surface area contributed by atoms with Crippen molar-refractivity contribution in [1.29, 1.82) is 0 Å². The van der Waals surface area contributed by atoms with Crippen molar-refractivity contribution in [2.75, 3.05) is 0 Å². The molecule has 172 valence electrons. The molecule has 0 amide bonds. The van der Waals surface area contributed by atoms with Crippen molar-refractivity contribution in [3.05, 3.63) is 67.6 Å². The molecule has 2 fully saturated rings. The quantitative estimate of drug-likeness (QED) is 0.328. The number of hydrogen-bond donors (Lipinski definition) is 0. The number of carbonyl (C=O) groups excluding carboxylic acids is 1. The van der Waals surface area contributed by atoms with Crippen LogP contribution in [0.3, 0.4) is 0 Å². The molecule has 0 unspecified atom stereocenters. The number of rotatable bonds is 6. The normalized spacial score (nSPS) is 17.8. The molecule has 2 aromatic carbocycles. The lowest BCUT2D eigenvalue weighted by Gasteiger charge is -2.25. The molecule has 2 aliphatic rings. The monoisotopic (exact) mass is 562 g/mol. The number of benzene rings is 2. The molecule has 0 aromatic heterocycles. The summed E-state index contributed by atoms with van der Waals surface area (Å²) in [6.07, 6.45) is 12.0. The minimum atomic E-state index is -0.597. The zero-order valence-corrected chi connectivity index (χ0v) is 21.8. The van der Waals surface area contributed by atoms with Crippen LogP contribution in [0.4, 0.5) is 4.79 Å². The van der Waals surface area contributed by atoms with Gasteiger partial charge in [-0.1, -0.05) is 82.5 Å². The first-order valence-corrected chi connectivity index (χ1v) is 13.5. The van der Waals surface area contributed by atoms with Crippen LogP contribution >= 0.6 is 31.9 Å². The molecule has 0 bridgehead atoms. The molecule has 2 aliphatic carbocycles. The Hall–Kier alpha value is -1.33. The van der Waals surface area contributed by atoms with Crippen molar-refractivity contribution in [3.63, 3.8) is 0 Å². The highest BCUT2D eigenvalue weighted by molar-refractivity contribution is 9.10. The Bertz CT molecular complexity index is 842. The maximum Gasteiger partial charge on any atom is 0.508 e. The molecular weight excluding hydrogens is 532 g/mol. The van der Waals surface area contributed by atoms with Gasteiger partial charge in [-0.15, -0.1) is 0 Å². The third-order valence-electron chi connectivity index (χ3n) is 7.00. The second-order valence-electron chi connectivity index (χ2n) is 9.18. The Balaban J connectivity index is 1.36. The molecular formula is C27H32Br2O3. The van der Waals surface area contributed by atoms with E-state index in [1.807, 2.05) is 12.1 Å².